The van der Waals surface area contributed by atoms with E-state index < -0.39 is 0 Å². The van der Waals surface area contributed by atoms with E-state index in [9.17, 15) is 9.59 Å². The molecule has 3 aromatic rings. The van der Waals surface area contributed by atoms with Gasteiger partial charge in [0.2, 0.25) is 5.91 Å². The second kappa shape index (κ2) is 10.2. The Morgan fingerprint density at radius 2 is 1.86 bits per heavy atom. The van der Waals surface area contributed by atoms with Gasteiger partial charge in [0, 0.05) is 17.5 Å². The molecule has 1 N–H and O–H groups in total. The molecular weight excluding hydrogens is 478 g/mol. The molecule has 1 spiro atoms. The molecule has 0 saturated heterocycles. The Labute approximate surface area is 215 Å². The van der Waals surface area contributed by atoms with Gasteiger partial charge >= 0.3 is 0 Å². The summed E-state index contributed by atoms with van der Waals surface area (Å²) in [5.41, 5.74) is 4.57. The lowest BCUT2D eigenvalue weighted by Crippen LogP contribution is -2.43. The van der Waals surface area contributed by atoms with Crippen molar-refractivity contribution in [3.05, 3.63) is 75.0 Å². The molecule has 1 amide bonds. The first-order valence-corrected chi connectivity index (χ1v) is 13.8. The number of nitrogens with zero attached hydrogens (tertiary/aromatic N) is 2. The number of rotatable bonds is 6. The van der Waals surface area contributed by atoms with Crippen molar-refractivity contribution in [2.75, 3.05) is 11.1 Å². The molecular formula is C28H30ClN3O2S. The van der Waals surface area contributed by atoms with E-state index in [0.717, 1.165) is 55.3 Å². The van der Waals surface area contributed by atoms with Gasteiger partial charge in [0.1, 0.15) is 0 Å². The number of benzene rings is 2. The molecule has 2 aromatic carbocycles. The highest BCUT2D eigenvalue weighted by Gasteiger charge is 2.43. The van der Waals surface area contributed by atoms with Gasteiger partial charge in [-0.05, 0) is 43.4 Å². The number of hydrogen-bond acceptors (Lipinski definition) is 4. The van der Waals surface area contributed by atoms with Gasteiger partial charge in [-0.1, -0.05) is 85.9 Å². The molecule has 1 aromatic heterocycles. The summed E-state index contributed by atoms with van der Waals surface area (Å²) in [5, 5.41) is 3.96. The van der Waals surface area contributed by atoms with Crippen molar-refractivity contribution >= 4 is 35.0 Å². The number of aromatic nitrogens is 2. The second-order valence-corrected chi connectivity index (χ2v) is 10.9. The van der Waals surface area contributed by atoms with Gasteiger partial charge in [-0.2, -0.15) is 0 Å². The zero-order valence-corrected chi connectivity index (χ0v) is 21.6. The molecule has 35 heavy (non-hydrogen) atoms. The van der Waals surface area contributed by atoms with Crippen LogP contribution in [0.3, 0.4) is 0 Å². The van der Waals surface area contributed by atoms with Crippen molar-refractivity contribution in [3.8, 4) is 11.3 Å². The van der Waals surface area contributed by atoms with Crippen LogP contribution in [0, 0.1) is 0 Å². The van der Waals surface area contributed by atoms with Crippen LogP contribution < -0.4 is 10.9 Å². The molecule has 0 atom stereocenters. The first-order valence-electron chi connectivity index (χ1n) is 12.4. The van der Waals surface area contributed by atoms with Crippen LogP contribution in [-0.4, -0.2) is 21.2 Å². The molecule has 5 nitrogen and oxygen atoms in total. The SMILES string of the molecule is CCCn1c(SCC(=O)Nc2ccccc2Cl)nc2c(c1=O)C1(CCCCC1)Cc1ccccc1-2. The number of fused-ring (bicyclic) bond motifs is 4. The number of carbonyl (C=O) groups excluding carboxylic acids is 1. The third kappa shape index (κ3) is 4.66. The van der Waals surface area contributed by atoms with Crippen LogP contribution in [-0.2, 0) is 23.2 Å². The zero-order chi connectivity index (χ0) is 24.4. The number of thioether (sulfide) groups is 1. The molecule has 0 bridgehead atoms. The van der Waals surface area contributed by atoms with Gasteiger partial charge in [-0.25, -0.2) is 4.98 Å². The minimum atomic E-state index is -0.178. The Bertz CT molecular complexity index is 1310. The zero-order valence-electron chi connectivity index (χ0n) is 20.0. The average Bonchev–Trinajstić information content (AvgIpc) is 2.86. The van der Waals surface area contributed by atoms with Gasteiger partial charge in [-0.3, -0.25) is 14.2 Å². The largest absolute Gasteiger partial charge is 0.324 e. The number of para-hydroxylation sites is 1. The van der Waals surface area contributed by atoms with Crippen LogP contribution >= 0.6 is 23.4 Å². The Kier molecular flexibility index (Phi) is 7.03. The maximum Gasteiger partial charge on any atom is 0.258 e. The van der Waals surface area contributed by atoms with E-state index in [1.54, 1.807) is 16.7 Å². The summed E-state index contributed by atoms with van der Waals surface area (Å²) in [6.07, 6.45) is 7.31. The molecule has 1 fully saturated rings. The van der Waals surface area contributed by atoms with Crippen molar-refractivity contribution in [1.29, 1.82) is 0 Å². The van der Waals surface area contributed by atoms with Crippen molar-refractivity contribution in [2.24, 2.45) is 0 Å². The summed E-state index contributed by atoms with van der Waals surface area (Å²) in [7, 11) is 0. The van der Waals surface area contributed by atoms with Crippen LogP contribution in [0.4, 0.5) is 5.69 Å². The summed E-state index contributed by atoms with van der Waals surface area (Å²) in [4.78, 5) is 31.9. The minimum Gasteiger partial charge on any atom is -0.324 e. The normalized spacial score (nSPS) is 15.9. The fourth-order valence-electron chi connectivity index (χ4n) is 5.63. The Morgan fingerprint density at radius 1 is 1.11 bits per heavy atom. The maximum atomic E-state index is 14.1. The number of carbonyl (C=O) groups is 1. The lowest BCUT2D eigenvalue weighted by molar-refractivity contribution is -0.113. The topological polar surface area (TPSA) is 64.0 Å². The molecule has 2 aliphatic rings. The fraction of sp³-hybridized carbons (Fsp3) is 0.393. The van der Waals surface area contributed by atoms with Crippen LogP contribution in [0.5, 0.6) is 0 Å². The Balaban J connectivity index is 1.53. The maximum absolute atomic E-state index is 14.1. The molecule has 182 valence electrons. The van der Waals surface area contributed by atoms with Gasteiger partial charge in [0.25, 0.3) is 5.56 Å². The molecule has 1 heterocycles. The number of anilines is 1. The minimum absolute atomic E-state index is 0.0715. The number of halogens is 1. The number of amides is 1. The van der Waals surface area contributed by atoms with E-state index >= 15 is 0 Å². The number of nitrogens with one attached hydrogen (secondary N) is 1. The smallest absolute Gasteiger partial charge is 0.258 e. The van der Waals surface area contributed by atoms with E-state index in [-0.39, 0.29) is 22.6 Å². The standard InChI is InChI=1S/C28H30ClN3O2S/c1-2-16-32-26(34)24-25(20-11-5-4-10-19(20)17-28(24)14-8-3-9-15-28)31-27(32)35-18-23(33)30-22-13-7-6-12-21(22)29/h4-7,10-13H,2-3,8-9,14-18H2,1H3,(H,30,33). The molecule has 0 aliphatic heterocycles. The lowest BCUT2D eigenvalue weighted by atomic mass is 9.62. The third-order valence-corrected chi connectivity index (χ3v) is 8.51. The first kappa shape index (κ1) is 24.1. The van der Waals surface area contributed by atoms with Crippen LogP contribution in [0.2, 0.25) is 5.02 Å². The first-order chi connectivity index (χ1) is 17.0. The Hall–Kier alpha value is -2.57. The summed E-state index contributed by atoms with van der Waals surface area (Å²) in [6, 6.07) is 15.5. The highest BCUT2D eigenvalue weighted by molar-refractivity contribution is 7.99. The van der Waals surface area contributed by atoms with Gasteiger partial charge < -0.3 is 5.32 Å². The fourth-order valence-corrected chi connectivity index (χ4v) is 6.63. The van der Waals surface area contributed by atoms with Crippen molar-refractivity contribution in [3.63, 3.8) is 0 Å². The van der Waals surface area contributed by atoms with Crippen LogP contribution in [0.15, 0.2) is 58.5 Å². The van der Waals surface area contributed by atoms with Gasteiger partial charge in [0.15, 0.2) is 5.16 Å². The van der Waals surface area contributed by atoms with Crippen molar-refractivity contribution < 1.29 is 4.79 Å². The molecule has 5 rings (SSSR count). The van der Waals surface area contributed by atoms with E-state index in [1.165, 1.54) is 23.7 Å². The highest BCUT2D eigenvalue weighted by atomic mass is 35.5. The van der Waals surface area contributed by atoms with E-state index in [1.807, 2.05) is 18.2 Å². The number of hydrogen-bond donors (Lipinski definition) is 1. The molecule has 7 heteroatoms. The van der Waals surface area contributed by atoms with E-state index in [0.29, 0.717) is 22.4 Å². The van der Waals surface area contributed by atoms with Crippen molar-refractivity contribution in [2.45, 2.75) is 69.0 Å². The average molecular weight is 508 g/mol. The molecule has 0 radical (unpaired) electrons. The van der Waals surface area contributed by atoms with E-state index in [2.05, 4.69) is 30.4 Å². The third-order valence-electron chi connectivity index (χ3n) is 7.20. The molecule has 2 aliphatic carbocycles. The predicted molar refractivity (Wildman–Crippen MR) is 143 cm³/mol. The summed E-state index contributed by atoms with van der Waals surface area (Å²) < 4.78 is 1.80. The van der Waals surface area contributed by atoms with Crippen LogP contribution in [0.1, 0.15) is 56.6 Å². The van der Waals surface area contributed by atoms with Gasteiger partial charge in [0.05, 0.1) is 27.7 Å². The van der Waals surface area contributed by atoms with Crippen molar-refractivity contribution in [1.82, 2.24) is 9.55 Å². The summed E-state index contributed by atoms with van der Waals surface area (Å²) in [5.74, 6) is -0.0327. The molecule has 1 saturated carbocycles. The van der Waals surface area contributed by atoms with E-state index in [4.69, 9.17) is 16.6 Å². The summed E-state index contributed by atoms with van der Waals surface area (Å²) in [6.45, 7) is 2.65. The summed E-state index contributed by atoms with van der Waals surface area (Å²) >= 11 is 7.51. The lowest BCUT2D eigenvalue weighted by Gasteiger charge is -2.42. The quantitative estimate of drug-likeness (QED) is 0.307. The molecule has 0 unspecified atom stereocenters. The van der Waals surface area contributed by atoms with Crippen LogP contribution in [0.25, 0.3) is 11.3 Å². The predicted octanol–water partition coefficient (Wildman–Crippen LogP) is 6.46. The second-order valence-electron chi connectivity index (χ2n) is 9.57. The van der Waals surface area contributed by atoms with Gasteiger partial charge in [-0.15, -0.1) is 0 Å². The Morgan fingerprint density at radius 3 is 2.63 bits per heavy atom. The highest BCUT2D eigenvalue weighted by Crippen LogP contribution is 2.48. The monoisotopic (exact) mass is 507 g/mol.